The molecule has 130 valence electrons. The van der Waals surface area contributed by atoms with Gasteiger partial charge in [-0.2, -0.15) is 0 Å². The molecule has 0 aliphatic carbocycles. The molecule has 1 aliphatic heterocycles. The van der Waals surface area contributed by atoms with E-state index in [0.717, 1.165) is 16.7 Å². The average Bonchev–Trinajstić information content (AvgIpc) is 2.85. The summed E-state index contributed by atoms with van der Waals surface area (Å²) >= 11 is 2.54. The van der Waals surface area contributed by atoms with Crippen molar-refractivity contribution in [3.05, 3.63) is 28.3 Å². The molecule has 7 heteroatoms. The number of thioether (sulfide) groups is 2. The predicted octanol–water partition coefficient (Wildman–Crippen LogP) is 2.82. The zero-order valence-corrected chi connectivity index (χ0v) is 16.0. The number of nitrogens with one attached hydrogen (secondary N) is 1. The van der Waals surface area contributed by atoms with Crippen LogP contribution in [0.15, 0.2) is 11.0 Å². The van der Waals surface area contributed by atoms with Crippen molar-refractivity contribution in [2.45, 2.75) is 32.6 Å². The number of carbonyl (C=O) groups excluding carboxylic acids is 3. The Bertz CT molecular complexity index is 647. The van der Waals surface area contributed by atoms with Gasteiger partial charge in [0.2, 0.25) is 11.8 Å². The van der Waals surface area contributed by atoms with Crippen LogP contribution >= 0.6 is 23.5 Å². The first kappa shape index (κ1) is 18.9. The largest absolute Gasteiger partial charge is 0.354 e. The smallest absolute Gasteiger partial charge is 0.288 e. The number of aryl methyl sites for hydroxylation is 2. The van der Waals surface area contributed by atoms with Gasteiger partial charge >= 0.3 is 0 Å². The Morgan fingerprint density at radius 3 is 2.38 bits per heavy atom. The van der Waals surface area contributed by atoms with Crippen LogP contribution < -0.4 is 5.32 Å². The van der Waals surface area contributed by atoms with E-state index in [2.05, 4.69) is 39.1 Å². The number of hydrogen-bond donors (Lipinski definition) is 1. The number of hydrogen-bond acceptors (Lipinski definition) is 5. The lowest BCUT2D eigenvalue weighted by atomic mass is 10.0. The maximum Gasteiger partial charge on any atom is 0.288 e. The quantitative estimate of drug-likeness (QED) is 0.784. The summed E-state index contributed by atoms with van der Waals surface area (Å²) in [4.78, 5) is 37.3. The molecule has 5 nitrogen and oxygen atoms in total. The normalized spacial score (nSPS) is 14.4. The molecule has 0 radical (unpaired) electrons. The van der Waals surface area contributed by atoms with Gasteiger partial charge in [-0.1, -0.05) is 17.8 Å². The molecule has 1 N–H and O–H groups in total. The summed E-state index contributed by atoms with van der Waals surface area (Å²) in [5.41, 5.74) is 4.87. The summed E-state index contributed by atoms with van der Waals surface area (Å²) in [5, 5.41) is 2.54. The van der Waals surface area contributed by atoms with Gasteiger partial charge in [0.25, 0.3) is 5.24 Å². The minimum absolute atomic E-state index is 0.0929. The molecular formula is C17H22N2O3S2. The summed E-state index contributed by atoms with van der Waals surface area (Å²) in [7, 11) is 0. The van der Waals surface area contributed by atoms with Gasteiger partial charge in [-0.05, 0) is 49.9 Å². The van der Waals surface area contributed by atoms with E-state index in [1.165, 1.54) is 38.9 Å². The molecule has 1 aromatic rings. The summed E-state index contributed by atoms with van der Waals surface area (Å²) in [5.74, 6) is 0.245. The lowest BCUT2D eigenvalue weighted by Crippen LogP contribution is -2.38. The molecule has 2 rings (SSSR count). The van der Waals surface area contributed by atoms with Crippen molar-refractivity contribution in [3.8, 4) is 0 Å². The second-order valence-corrected chi connectivity index (χ2v) is 7.74. The summed E-state index contributed by atoms with van der Waals surface area (Å²) in [6, 6.07) is 2.16. The van der Waals surface area contributed by atoms with Gasteiger partial charge < -0.3 is 5.32 Å². The maximum atomic E-state index is 12.0. The van der Waals surface area contributed by atoms with Crippen molar-refractivity contribution < 1.29 is 14.4 Å². The number of rotatable bonds is 6. The second kappa shape index (κ2) is 8.07. The predicted molar refractivity (Wildman–Crippen MR) is 98.7 cm³/mol. The van der Waals surface area contributed by atoms with Gasteiger partial charge in [0.15, 0.2) is 0 Å². The topological polar surface area (TPSA) is 66.5 Å². The molecule has 0 atom stereocenters. The zero-order chi connectivity index (χ0) is 17.9. The Morgan fingerprint density at radius 2 is 1.83 bits per heavy atom. The molecule has 1 saturated heterocycles. The lowest BCUT2D eigenvalue weighted by Gasteiger charge is -2.15. The van der Waals surface area contributed by atoms with E-state index in [1.54, 1.807) is 0 Å². The standard InChI is InChI=1S/C17H22N2O3S2/c1-10-7-11(2)13(4)16(12(10)3)23-8-14(20)18-5-6-19-15(21)9-24-17(19)22/h7H,5-6,8-9H2,1-4H3,(H,18,20). The summed E-state index contributed by atoms with van der Waals surface area (Å²) < 4.78 is 0. The zero-order valence-electron chi connectivity index (χ0n) is 14.4. The van der Waals surface area contributed by atoms with Crippen LogP contribution in [0.4, 0.5) is 4.79 Å². The van der Waals surface area contributed by atoms with Crippen molar-refractivity contribution in [2.24, 2.45) is 0 Å². The second-order valence-electron chi connectivity index (χ2n) is 5.83. The number of carbonyl (C=O) groups is 3. The van der Waals surface area contributed by atoms with Gasteiger partial charge in [-0.15, -0.1) is 11.8 Å². The van der Waals surface area contributed by atoms with Crippen molar-refractivity contribution in [2.75, 3.05) is 24.6 Å². The third-order valence-electron chi connectivity index (χ3n) is 4.14. The van der Waals surface area contributed by atoms with Crippen LogP contribution in [0.1, 0.15) is 22.3 Å². The van der Waals surface area contributed by atoms with Crippen LogP contribution in [-0.2, 0) is 9.59 Å². The molecule has 1 fully saturated rings. The Kier molecular flexibility index (Phi) is 6.34. The number of benzene rings is 1. The van der Waals surface area contributed by atoms with Gasteiger partial charge in [0.05, 0.1) is 11.5 Å². The fourth-order valence-electron chi connectivity index (χ4n) is 2.49. The van der Waals surface area contributed by atoms with E-state index in [1.807, 2.05) is 0 Å². The Labute approximate surface area is 150 Å². The summed E-state index contributed by atoms with van der Waals surface area (Å²) in [6.07, 6.45) is 0. The van der Waals surface area contributed by atoms with E-state index in [-0.39, 0.29) is 29.4 Å². The Hall–Kier alpha value is -1.47. The first-order valence-corrected chi connectivity index (χ1v) is 9.72. The molecule has 1 aliphatic rings. The summed E-state index contributed by atoms with van der Waals surface area (Å²) in [6.45, 7) is 8.83. The molecule has 0 spiro atoms. The Balaban J connectivity index is 1.84. The molecule has 0 aromatic heterocycles. The first-order valence-electron chi connectivity index (χ1n) is 7.75. The third kappa shape index (κ3) is 4.33. The Morgan fingerprint density at radius 1 is 1.21 bits per heavy atom. The van der Waals surface area contributed by atoms with E-state index in [0.29, 0.717) is 12.3 Å². The van der Waals surface area contributed by atoms with Gasteiger partial charge in [-0.25, -0.2) is 0 Å². The monoisotopic (exact) mass is 366 g/mol. The number of amides is 3. The molecule has 24 heavy (non-hydrogen) atoms. The van der Waals surface area contributed by atoms with Gasteiger partial charge in [0.1, 0.15) is 0 Å². The molecular weight excluding hydrogens is 344 g/mol. The molecule has 0 unspecified atom stereocenters. The molecule has 3 amide bonds. The van der Waals surface area contributed by atoms with Gasteiger partial charge in [-0.3, -0.25) is 19.3 Å². The molecule has 0 bridgehead atoms. The van der Waals surface area contributed by atoms with Crippen molar-refractivity contribution in [3.63, 3.8) is 0 Å². The fraction of sp³-hybridized carbons (Fsp3) is 0.471. The molecule has 1 aromatic carbocycles. The minimum atomic E-state index is -0.231. The van der Waals surface area contributed by atoms with Crippen LogP contribution in [-0.4, -0.2) is 46.5 Å². The van der Waals surface area contributed by atoms with Gasteiger partial charge in [0, 0.05) is 18.0 Å². The fourth-order valence-corrected chi connectivity index (χ4v) is 4.37. The SMILES string of the molecule is Cc1cc(C)c(C)c(SCC(=O)NCCN2C(=O)CSC2=O)c1C. The number of nitrogens with zero attached hydrogens (tertiary/aromatic N) is 1. The third-order valence-corrected chi connectivity index (χ3v) is 6.31. The first-order chi connectivity index (χ1) is 11.3. The van der Waals surface area contributed by atoms with Crippen molar-refractivity contribution >= 4 is 40.6 Å². The number of imide groups is 1. The maximum absolute atomic E-state index is 12.0. The van der Waals surface area contributed by atoms with E-state index in [4.69, 9.17) is 0 Å². The molecule has 0 saturated carbocycles. The lowest BCUT2D eigenvalue weighted by molar-refractivity contribution is -0.125. The van der Waals surface area contributed by atoms with Crippen molar-refractivity contribution in [1.82, 2.24) is 10.2 Å². The van der Waals surface area contributed by atoms with Crippen molar-refractivity contribution in [1.29, 1.82) is 0 Å². The van der Waals surface area contributed by atoms with Crippen LogP contribution in [0.5, 0.6) is 0 Å². The highest BCUT2D eigenvalue weighted by Crippen LogP contribution is 2.30. The highest BCUT2D eigenvalue weighted by Gasteiger charge is 2.29. The van der Waals surface area contributed by atoms with Crippen LogP contribution in [0.3, 0.4) is 0 Å². The highest BCUT2D eigenvalue weighted by molar-refractivity contribution is 8.14. The molecule has 1 heterocycles. The van der Waals surface area contributed by atoms with E-state index < -0.39 is 0 Å². The van der Waals surface area contributed by atoms with E-state index >= 15 is 0 Å². The van der Waals surface area contributed by atoms with Crippen LogP contribution in [0.25, 0.3) is 0 Å². The van der Waals surface area contributed by atoms with Crippen LogP contribution in [0.2, 0.25) is 0 Å². The minimum Gasteiger partial charge on any atom is -0.354 e. The van der Waals surface area contributed by atoms with E-state index in [9.17, 15) is 14.4 Å². The van der Waals surface area contributed by atoms with Crippen LogP contribution in [0, 0.1) is 27.7 Å². The highest BCUT2D eigenvalue weighted by atomic mass is 32.2. The average molecular weight is 367 g/mol.